The summed E-state index contributed by atoms with van der Waals surface area (Å²) in [5, 5.41) is 44.0. The highest BCUT2D eigenvalue weighted by atomic mass is 16.3. The lowest BCUT2D eigenvalue weighted by molar-refractivity contribution is -0.0827. The highest BCUT2D eigenvalue weighted by Gasteiger charge is 2.46. The molecule has 4 fully saturated rings. The minimum absolute atomic E-state index is 0.203. The summed E-state index contributed by atoms with van der Waals surface area (Å²) in [6.07, 6.45) is 10.6. The molecule has 4 saturated carbocycles. The maximum Gasteiger partial charge on any atom is 0.0596 e. The topological polar surface area (TPSA) is 80.9 Å². The van der Waals surface area contributed by atoms with Gasteiger partial charge in [0.2, 0.25) is 0 Å². The number of hydrogen-bond acceptors (Lipinski definition) is 4. The third-order valence-electron chi connectivity index (χ3n) is 12.4. The fourth-order valence-corrected chi connectivity index (χ4v) is 9.72. The maximum atomic E-state index is 11.3. The zero-order valence-electron chi connectivity index (χ0n) is 24.8. The molecule has 0 aliphatic heterocycles. The molecule has 4 N–H and O–H groups in total. The summed E-state index contributed by atoms with van der Waals surface area (Å²) in [6.45, 7) is 13.9. The molecule has 4 nitrogen and oxygen atoms in total. The molecule has 216 valence electrons. The lowest BCUT2D eigenvalue weighted by Crippen LogP contribution is -2.47. The predicted octanol–water partition coefficient (Wildman–Crippen LogP) is 6.29. The Labute approximate surface area is 228 Å². The average Bonchev–Trinajstić information content (AvgIpc) is 2.85. The summed E-state index contributed by atoms with van der Waals surface area (Å²) in [5.74, 6) is 5.28. The molecule has 0 aromatic heterocycles. The molecule has 0 aromatic rings. The van der Waals surface area contributed by atoms with E-state index in [1.54, 1.807) is 0 Å². The lowest BCUT2D eigenvalue weighted by Gasteiger charge is -2.50. The summed E-state index contributed by atoms with van der Waals surface area (Å²) in [6, 6.07) is 0. The Hall–Kier alpha value is -0.160. The van der Waals surface area contributed by atoms with Gasteiger partial charge in [0.15, 0.2) is 0 Å². The van der Waals surface area contributed by atoms with Crippen LogP contribution in [0.25, 0.3) is 0 Å². The van der Waals surface area contributed by atoms with E-state index in [-0.39, 0.29) is 36.3 Å². The summed E-state index contributed by atoms with van der Waals surface area (Å²) in [4.78, 5) is 0. The molecule has 0 radical (unpaired) electrons. The largest absolute Gasteiger partial charge is 0.393 e. The van der Waals surface area contributed by atoms with Crippen LogP contribution in [0.2, 0.25) is 0 Å². The SMILES string of the molecule is CC1CCC(O)C(CC2C(C)C(CC3CC(C)C(O)C(CC4CC(C)CCC4O)C3C)CC(C)C2O)C1. The van der Waals surface area contributed by atoms with E-state index in [1.807, 2.05) is 0 Å². The number of aliphatic hydroxyl groups excluding tert-OH is 4. The van der Waals surface area contributed by atoms with Crippen LogP contribution in [0.15, 0.2) is 0 Å². The maximum absolute atomic E-state index is 11.3. The molecule has 4 aliphatic rings. The van der Waals surface area contributed by atoms with Crippen molar-refractivity contribution in [2.45, 2.75) is 137 Å². The van der Waals surface area contributed by atoms with Crippen LogP contribution in [0, 0.1) is 71.0 Å². The highest BCUT2D eigenvalue weighted by Crippen LogP contribution is 2.50. The molecule has 0 spiro atoms. The van der Waals surface area contributed by atoms with E-state index in [0.717, 1.165) is 64.2 Å². The molecule has 0 saturated heterocycles. The first-order valence-electron chi connectivity index (χ1n) is 16.2. The first-order valence-corrected chi connectivity index (χ1v) is 16.2. The van der Waals surface area contributed by atoms with Crippen LogP contribution in [0.5, 0.6) is 0 Å². The molecular weight excluding hydrogens is 460 g/mol. The summed E-state index contributed by atoms with van der Waals surface area (Å²) < 4.78 is 0. The van der Waals surface area contributed by atoms with Crippen molar-refractivity contribution in [1.82, 2.24) is 0 Å². The standard InChI is InChI=1S/C33H60O4/c1-18-7-9-30(34)26(11-18)16-28-22(5)24(13-20(3)32(28)36)15-25-14-21(4)33(37)29(23(25)6)17-27-12-19(2)8-10-31(27)35/h18-37H,7-17H2,1-6H3. The van der Waals surface area contributed by atoms with Gasteiger partial charge in [0.1, 0.15) is 0 Å². The van der Waals surface area contributed by atoms with Gasteiger partial charge in [0, 0.05) is 0 Å². The molecule has 37 heavy (non-hydrogen) atoms. The molecule has 0 bridgehead atoms. The van der Waals surface area contributed by atoms with Crippen molar-refractivity contribution >= 4 is 0 Å². The second kappa shape index (κ2) is 12.6. The van der Waals surface area contributed by atoms with Crippen molar-refractivity contribution in [3.63, 3.8) is 0 Å². The van der Waals surface area contributed by atoms with E-state index in [0.29, 0.717) is 59.2 Å². The van der Waals surface area contributed by atoms with Gasteiger partial charge in [-0.05, 0) is 142 Å². The molecule has 16 atom stereocenters. The van der Waals surface area contributed by atoms with Crippen molar-refractivity contribution in [2.75, 3.05) is 0 Å². The third kappa shape index (κ3) is 6.77. The van der Waals surface area contributed by atoms with Gasteiger partial charge in [-0.2, -0.15) is 0 Å². The number of rotatable bonds is 6. The van der Waals surface area contributed by atoms with Gasteiger partial charge in [0.05, 0.1) is 24.4 Å². The van der Waals surface area contributed by atoms with Crippen LogP contribution < -0.4 is 0 Å². The van der Waals surface area contributed by atoms with E-state index in [4.69, 9.17) is 0 Å². The Kier molecular flexibility index (Phi) is 10.1. The Bertz CT molecular complexity index is 654. The molecule has 4 rings (SSSR count). The Morgan fingerprint density at radius 2 is 0.838 bits per heavy atom. The van der Waals surface area contributed by atoms with Crippen molar-refractivity contribution < 1.29 is 20.4 Å². The highest BCUT2D eigenvalue weighted by molar-refractivity contribution is 4.96. The second-order valence-electron chi connectivity index (χ2n) is 15.2. The third-order valence-corrected chi connectivity index (χ3v) is 12.4. The fourth-order valence-electron chi connectivity index (χ4n) is 9.72. The van der Waals surface area contributed by atoms with Gasteiger partial charge in [-0.1, -0.05) is 41.5 Å². The Morgan fingerprint density at radius 1 is 0.459 bits per heavy atom. The lowest BCUT2D eigenvalue weighted by atomic mass is 9.57. The van der Waals surface area contributed by atoms with Gasteiger partial charge >= 0.3 is 0 Å². The van der Waals surface area contributed by atoms with Crippen molar-refractivity contribution in [1.29, 1.82) is 0 Å². The molecular formula is C33H60O4. The van der Waals surface area contributed by atoms with Crippen LogP contribution in [0.4, 0.5) is 0 Å². The van der Waals surface area contributed by atoms with Crippen LogP contribution >= 0.6 is 0 Å². The quantitative estimate of drug-likeness (QED) is 0.332. The number of hydrogen-bond donors (Lipinski definition) is 4. The van der Waals surface area contributed by atoms with Gasteiger partial charge in [-0.25, -0.2) is 0 Å². The van der Waals surface area contributed by atoms with Crippen molar-refractivity contribution in [3.05, 3.63) is 0 Å². The van der Waals surface area contributed by atoms with Crippen molar-refractivity contribution in [2.24, 2.45) is 71.0 Å². The molecule has 4 heteroatoms. The van der Waals surface area contributed by atoms with E-state index in [1.165, 1.54) is 6.42 Å². The van der Waals surface area contributed by atoms with Crippen LogP contribution in [-0.2, 0) is 0 Å². The fraction of sp³-hybridized carbons (Fsp3) is 1.00. The normalized spacial score (nSPS) is 53.7. The molecule has 0 amide bonds. The molecule has 16 unspecified atom stereocenters. The number of aliphatic hydroxyl groups is 4. The molecule has 0 aromatic carbocycles. The Morgan fingerprint density at radius 3 is 1.22 bits per heavy atom. The van der Waals surface area contributed by atoms with Gasteiger partial charge in [-0.15, -0.1) is 0 Å². The van der Waals surface area contributed by atoms with Gasteiger partial charge < -0.3 is 20.4 Å². The van der Waals surface area contributed by atoms with Gasteiger partial charge in [-0.3, -0.25) is 0 Å². The van der Waals surface area contributed by atoms with E-state index in [2.05, 4.69) is 41.5 Å². The van der Waals surface area contributed by atoms with E-state index in [9.17, 15) is 20.4 Å². The van der Waals surface area contributed by atoms with Crippen LogP contribution in [-0.4, -0.2) is 44.8 Å². The first-order chi connectivity index (χ1) is 17.5. The predicted molar refractivity (Wildman–Crippen MR) is 151 cm³/mol. The van der Waals surface area contributed by atoms with Crippen LogP contribution in [0.1, 0.15) is 112 Å². The summed E-state index contributed by atoms with van der Waals surface area (Å²) in [5.41, 5.74) is 0. The average molecular weight is 521 g/mol. The van der Waals surface area contributed by atoms with Gasteiger partial charge in [0.25, 0.3) is 0 Å². The molecule has 0 heterocycles. The summed E-state index contributed by atoms with van der Waals surface area (Å²) >= 11 is 0. The van der Waals surface area contributed by atoms with E-state index < -0.39 is 0 Å². The first kappa shape index (κ1) is 29.8. The zero-order valence-corrected chi connectivity index (χ0v) is 24.8. The second-order valence-corrected chi connectivity index (χ2v) is 15.2. The van der Waals surface area contributed by atoms with Crippen molar-refractivity contribution in [3.8, 4) is 0 Å². The minimum Gasteiger partial charge on any atom is -0.393 e. The van der Waals surface area contributed by atoms with E-state index >= 15 is 0 Å². The monoisotopic (exact) mass is 520 g/mol. The summed E-state index contributed by atoms with van der Waals surface area (Å²) in [7, 11) is 0. The molecule has 4 aliphatic carbocycles. The van der Waals surface area contributed by atoms with Crippen LogP contribution in [0.3, 0.4) is 0 Å². The zero-order chi connectivity index (χ0) is 27.0. The Balaban J connectivity index is 1.43. The minimum atomic E-state index is -0.261. The smallest absolute Gasteiger partial charge is 0.0596 e.